The van der Waals surface area contributed by atoms with Crippen LogP contribution in [0.2, 0.25) is 0 Å². The number of anilines is 2. The van der Waals surface area contributed by atoms with Crippen molar-refractivity contribution >= 4 is 40.1 Å². The van der Waals surface area contributed by atoms with E-state index in [-0.39, 0.29) is 12.3 Å². The van der Waals surface area contributed by atoms with Crippen LogP contribution >= 0.6 is 0 Å². The van der Waals surface area contributed by atoms with E-state index in [1.807, 2.05) is 0 Å². The molecule has 3 aromatic rings. The van der Waals surface area contributed by atoms with E-state index >= 15 is 0 Å². The van der Waals surface area contributed by atoms with Gasteiger partial charge in [-0.25, -0.2) is 0 Å². The summed E-state index contributed by atoms with van der Waals surface area (Å²) < 4.78 is 20.9. The summed E-state index contributed by atoms with van der Waals surface area (Å²) in [7, 11) is 3.01. The lowest BCUT2D eigenvalue weighted by atomic mass is 10.1. The standard InChI is InChI=1S/C22H22N2O7/c1-13(25)23-15-4-7-19(29-3)18(9-15)24-21(26)12-31-22(27)8-14-11-30-20-10-16(28-2)5-6-17(14)20/h4-7,9-11H,8,12H2,1-3H3,(H,23,25)(H,24,26). The number of hydrogen-bond donors (Lipinski definition) is 2. The third-order valence-corrected chi connectivity index (χ3v) is 4.36. The highest BCUT2D eigenvalue weighted by Crippen LogP contribution is 2.28. The van der Waals surface area contributed by atoms with E-state index in [2.05, 4.69) is 10.6 Å². The Hall–Kier alpha value is -4.01. The van der Waals surface area contributed by atoms with Gasteiger partial charge in [0.2, 0.25) is 5.91 Å². The molecule has 3 rings (SSSR count). The van der Waals surface area contributed by atoms with Gasteiger partial charge in [0.15, 0.2) is 6.61 Å². The molecule has 2 amide bonds. The molecule has 31 heavy (non-hydrogen) atoms. The Bertz CT molecular complexity index is 1120. The summed E-state index contributed by atoms with van der Waals surface area (Å²) in [6.07, 6.45) is 1.43. The monoisotopic (exact) mass is 426 g/mol. The Kier molecular flexibility index (Phi) is 6.76. The topological polar surface area (TPSA) is 116 Å². The number of esters is 1. The van der Waals surface area contributed by atoms with Gasteiger partial charge in [0.25, 0.3) is 5.91 Å². The Morgan fingerprint density at radius 3 is 2.52 bits per heavy atom. The molecule has 9 heteroatoms. The van der Waals surface area contributed by atoms with Gasteiger partial charge < -0.3 is 29.3 Å². The number of fused-ring (bicyclic) bond motifs is 1. The molecule has 0 aliphatic heterocycles. The second-order valence-corrected chi connectivity index (χ2v) is 6.60. The molecule has 0 radical (unpaired) electrons. The molecule has 1 aromatic heterocycles. The summed E-state index contributed by atoms with van der Waals surface area (Å²) in [6, 6.07) is 10.1. The molecule has 1 heterocycles. The first-order chi connectivity index (χ1) is 14.9. The molecule has 9 nitrogen and oxygen atoms in total. The Balaban J connectivity index is 1.58. The van der Waals surface area contributed by atoms with Gasteiger partial charge in [-0.1, -0.05) is 0 Å². The maximum atomic E-state index is 12.2. The van der Waals surface area contributed by atoms with Crippen molar-refractivity contribution in [3.63, 3.8) is 0 Å². The van der Waals surface area contributed by atoms with E-state index in [4.69, 9.17) is 18.6 Å². The minimum atomic E-state index is -0.576. The molecular formula is C22H22N2O7. The maximum absolute atomic E-state index is 12.2. The van der Waals surface area contributed by atoms with Crippen molar-refractivity contribution in [1.29, 1.82) is 0 Å². The van der Waals surface area contributed by atoms with Gasteiger partial charge in [-0.15, -0.1) is 0 Å². The molecule has 0 aliphatic rings. The summed E-state index contributed by atoms with van der Waals surface area (Å²) >= 11 is 0. The molecule has 0 saturated carbocycles. The highest BCUT2D eigenvalue weighted by molar-refractivity contribution is 5.96. The number of furan rings is 1. The van der Waals surface area contributed by atoms with Crippen molar-refractivity contribution in [2.75, 3.05) is 31.5 Å². The average Bonchev–Trinajstić information content (AvgIpc) is 3.14. The number of amides is 2. The van der Waals surface area contributed by atoms with Crippen LogP contribution in [0.5, 0.6) is 11.5 Å². The Morgan fingerprint density at radius 1 is 1.00 bits per heavy atom. The zero-order valence-corrected chi connectivity index (χ0v) is 17.3. The summed E-state index contributed by atoms with van der Waals surface area (Å²) in [5.74, 6) is -0.331. The zero-order valence-electron chi connectivity index (χ0n) is 17.3. The summed E-state index contributed by atoms with van der Waals surface area (Å²) in [5, 5.41) is 5.99. The van der Waals surface area contributed by atoms with Crippen LogP contribution in [0.25, 0.3) is 11.0 Å². The van der Waals surface area contributed by atoms with Crippen LogP contribution < -0.4 is 20.1 Å². The highest BCUT2D eigenvalue weighted by atomic mass is 16.5. The lowest BCUT2D eigenvalue weighted by Crippen LogP contribution is -2.22. The van der Waals surface area contributed by atoms with E-state index in [1.54, 1.807) is 43.5 Å². The van der Waals surface area contributed by atoms with Crippen LogP contribution in [0.3, 0.4) is 0 Å². The van der Waals surface area contributed by atoms with Crippen molar-refractivity contribution in [1.82, 2.24) is 0 Å². The number of benzene rings is 2. The van der Waals surface area contributed by atoms with Crippen molar-refractivity contribution in [3.05, 3.63) is 48.2 Å². The van der Waals surface area contributed by atoms with Gasteiger partial charge in [-0.2, -0.15) is 0 Å². The molecule has 0 aliphatic carbocycles. The van der Waals surface area contributed by atoms with Crippen molar-refractivity contribution < 1.29 is 33.0 Å². The maximum Gasteiger partial charge on any atom is 0.310 e. The molecular weight excluding hydrogens is 404 g/mol. The largest absolute Gasteiger partial charge is 0.497 e. The number of methoxy groups -OCH3 is 2. The van der Waals surface area contributed by atoms with Crippen LogP contribution in [0.4, 0.5) is 11.4 Å². The fraction of sp³-hybridized carbons (Fsp3) is 0.227. The first-order valence-electron chi connectivity index (χ1n) is 9.35. The van der Waals surface area contributed by atoms with Gasteiger partial charge in [0, 0.05) is 29.6 Å². The third-order valence-electron chi connectivity index (χ3n) is 4.36. The van der Waals surface area contributed by atoms with Gasteiger partial charge in [-0.05, 0) is 30.3 Å². The van der Waals surface area contributed by atoms with E-state index in [1.165, 1.54) is 20.3 Å². The number of carbonyl (C=O) groups is 3. The first-order valence-corrected chi connectivity index (χ1v) is 9.35. The molecule has 0 atom stereocenters. The number of rotatable bonds is 8. The molecule has 0 spiro atoms. The molecule has 2 aromatic carbocycles. The van der Waals surface area contributed by atoms with Crippen LogP contribution in [0, 0.1) is 0 Å². The fourth-order valence-electron chi connectivity index (χ4n) is 2.95. The van der Waals surface area contributed by atoms with E-state index in [9.17, 15) is 14.4 Å². The third kappa shape index (κ3) is 5.53. The lowest BCUT2D eigenvalue weighted by Gasteiger charge is -2.12. The molecule has 162 valence electrons. The number of carbonyl (C=O) groups excluding carboxylic acids is 3. The average molecular weight is 426 g/mol. The summed E-state index contributed by atoms with van der Waals surface area (Å²) in [5.41, 5.74) is 2.06. The predicted molar refractivity (Wildman–Crippen MR) is 113 cm³/mol. The number of nitrogens with one attached hydrogen (secondary N) is 2. The molecule has 2 N–H and O–H groups in total. The van der Waals surface area contributed by atoms with E-state index < -0.39 is 18.5 Å². The van der Waals surface area contributed by atoms with E-state index in [0.29, 0.717) is 34.0 Å². The minimum Gasteiger partial charge on any atom is -0.497 e. The quantitative estimate of drug-likeness (QED) is 0.532. The molecule has 0 saturated heterocycles. The SMILES string of the molecule is COc1ccc2c(CC(=O)OCC(=O)Nc3cc(NC(C)=O)ccc3OC)coc2c1. The van der Waals surface area contributed by atoms with Crippen molar-refractivity contribution in [3.8, 4) is 11.5 Å². The predicted octanol–water partition coefficient (Wildman–Crippen LogP) is 3.13. The normalized spacial score (nSPS) is 10.4. The zero-order chi connectivity index (χ0) is 22.4. The van der Waals surface area contributed by atoms with Crippen LogP contribution in [0.1, 0.15) is 12.5 Å². The van der Waals surface area contributed by atoms with Crippen LogP contribution in [0.15, 0.2) is 47.1 Å². The fourth-order valence-corrected chi connectivity index (χ4v) is 2.95. The van der Waals surface area contributed by atoms with Crippen LogP contribution in [-0.4, -0.2) is 38.6 Å². The van der Waals surface area contributed by atoms with Gasteiger partial charge in [-0.3, -0.25) is 14.4 Å². The number of ether oxygens (including phenoxy) is 3. The van der Waals surface area contributed by atoms with Gasteiger partial charge in [0.1, 0.15) is 17.1 Å². The van der Waals surface area contributed by atoms with Crippen molar-refractivity contribution in [2.24, 2.45) is 0 Å². The molecule has 0 bridgehead atoms. The second-order valence-electron chi connectivity index (χ2n) is 6.60. The van der Waals surface area contributed by atoms with Crippen LogP contribution in [-0.2, 0) is 25.5 Å². The molecule has 0 unspecified atom stereocenters. The van der Waals surface area contributed by atoms with Gasteiger partial charge >= 0.3 is 5.97 Å². The van der Waals surface area contributed by atoms with E-state index in [0.717, 1.165) is 5.39 Å². The smallest absolute Gasteiger partial charge is 0.310 e. The summed E-state index contributed by atoms with van der Waals surface area (Å²) in [4.78, 5) is 35.7. The highest BCUT2D eigenvalue weighted by Gasteiger charge is 2.15. The Morgan fingerprint density at radius 2 is 1.81 bits per heavy atom. The summed E-state index contributed by atoms with van der Waals surface area (Å²) in [6.45, 7) is 0.900. The van der Waals surface area contributed by atoms with Crippen molar-refractivity contribution in [2.45, 2.75) is 13.3 Å². The lowest BCUT2D eigenvalue weighted by molar-refractivity contribution is -0.146. The first kappa shape index (κ1) is 21.7. The minimum absolute atomic E-state index is 0.0477. The molecule has 0 fully saturated rings. The van der Waals surface area contributed by atoms with Gasteiger partial charge in [0.05, 0.1) is 32.6 Å². The number of hydrogen-bond acceptors (Lipinski definition) is 7. The second kappa shape index (κ2) is 9.66. The Labute approximate surface area is 178 Å².